The molecule has 1 aliphatic heterocycles. The maximum Gasteiger partial charge on any atom is 0.332 e. The number of nitrogens with zero attached hydrogens (tertiary/aromatic N) is 4. The first-order valence-corrected chi connectivity index (χ1v) is 11.5. The molecule has 1 N–H and O–H groups in total. The van der Waals surface area contributed by atoms with Crippen LogP contribution in [-0.2, 0) is 24.9 Å². The van der Waals surface area contributed by atoms with Crippen molar-refractivity contribution in [1.82, 2.24) is 19.4 Å². The highest BCUT2D eigenvalue weighted by Crippen LogP contribution is 2.22. The van der Waals surface area contributed by atoms with Gasteiger partial charge in [0.1, 0.15) is 5.82 Å². The molecule has 0 bridgehead atoms. The number of hydrogen-bond donors (Lipinski definition) is 1. The van der Waals surface area contributed by atoms with E-state index in [9.17, 15) is 14.4 Å². The Labute approximate surface area is 189 Å². The molecule has 32 heavy (non-hydrogen) atoms. The van der Waals surface area contributed by atoms with Gasteiger partial charge in [0.05, 0.1) is 5.92 Å². The Balaban J connectivity index is 1.58. The summed E-state index contributed by atoms with van der Waals surface area (Å²) in [7, 11) is 1.49. The molecule has 0 saturated carbocycles. The van der Waals surface area contributed by atoms with E-state index in [4.69, 9.17) is 0 Å². The van der Waals surface area contributed by atoms with Crippen LogP contribution >= 0.6 is 0 Å². The van der Waals surface area contributed by atoms with Gasteiger partial charge >= 0.3 is 5.69 Å². The fourth-order valence-electron chi connectivity index (χ4n) is 4.29. The van der Waals surface area contributed by atoms with Crippen molar-refractivity contribution >= 4 is 11.7 Å². The number of nitrogens with one attached hydrogen (secondary N) is 1. The Kier molecular flexibility index (Phi) is 8.27. The lowest BCUT2D eigenvalue weighted by molar-refractivity contribution is -0.125. The largest absolute Gasteiger partial charge is 0.357 e. The molecule has 1 amide bonds. The van der Waals surface area contributed by atoms with Crippen LogP contribution in [0.5, 0.6) is 0 Å². The van der Waals surface area contributed by atoms with Crippen LogP contribution in [0, 0.1) is 5.92 Å². The number of anilines is 1. The highest BCUT2D eigenvalue weighted by Gasteiger charge is 2.27. The lowest BCUT2D eigenvalue weighted by Gasteiger charge is -2.34. The van der Waals surface area contributed by atoms with Gasteiger partial charge in [-0.05, 0) is 31.9 Å². The predicted octanol–water partition coefficient (Wildman–Crippen LogP) is 1.42. The molecule has 1 unspecified atom stereocenters. The molecule has 1 atom stereocenters. The first-order chi connectivity index (χ1) is 15.4. The molecule has 8 nitrogen and oxygen atoms in total. The molecule has 1 fully saturated rings. The van der Waals surface area contributed by atoms with Crippen molar-refractivity contribution < 1.29 is 4.79 Å². The van der Waals surface area contributed by atoms with Crippen molar-refractivity contribution in [2.45, 2.75) is 39.8 Å². The van der Waals surface area contributed by atoms with Crippen molar-refractivity contribution in [3.8, 4) is 0 Å². The molecular formula is C24H35N5O3. The maximum atomic E-state index is 12.9. The van der Waals surface area contributed by atoms with E-state index < -0.39 is 0 Å². The Hall–Kier alpha value is -2.87. The summed E-state index contributed by atoms with van der Waals surface area (Å²) in [5.41, 5.74) is 0.624. The molecule has 174 valence electrons. The molecule has 8 heteroatoms. The Morgan fingerprint density at radius 3 is 2.62 bits per heavy atom. The van der Waals surface area contributed by atoms with Crippen molar-refractivity contribution in [1.29, 1.82) is 0 Å². The van der Waals surface area contributed by atoms with Crippen LogP contribution in [0.2, 0.25) is 0 Å². The summed E-state index contributed by atoms with van der Waals surface area (Å²) in [6, 6.07) is 11.8. The van der Waals surface area contributed by atoms with E-state index in [1.165, 1.54) is 18.7 Å². The number of benzene rings is 1. The number of likely N-dealkylation sites (N-methyl/N-ethyl adjacent to an activating group) is 1. The van der Waals surface area contributed by atoms with Gasteiger partial charge in [-0.25, -0.2) is 4.79 Å². The maximum absolute atomic E-state index is 12.9. The average Bonchev–Trinajstić information content (AvgIpc) is 2.82. The Bertz CT molecular complexity index is 1010. The smallest absolute Gasteiger partial charge is 0.332 e. The van der Waals surface area contributed by atoms with Gasteiger partial charge in [-0.3, -0.25) is 23.6 Å². The van der Waals surface area contributed by atoms with Gasteiger partial charge in [0.2, 0.25) is 5.91 Å². The SMILES string of the molecule is CCN(CCNC(=O)C1CCCN(c2cc(=O)n(C)c(=O)n2CC)C1)Cc1ccccc1. The van der Waals surface area contributed by atoms with Gasteiger partial charge in [0.25, 0.3) is 5.56 Å². The molecule has 2 aromatic rings. The minimum atomic E-state index is -0.320. The number of amides is 1. The topological polar surface area (TPSA) is 79.6 Å². The van der Waals surface area contributed by atoms with E-state index in [0.29, 0.717) is 25.5 Å². The summed E-state index contributed by atoms with van der Waals surface area (Å²) in [6.45, 7) is 8.90. The molecule has 1 saturated heterocycles. The molecule has 3 rings (SSSR count). The zero-order valence-corrected chi connectivity index (χ0v) is 19.4. The van der Waals surface area contributed by atoms with Crippen molar-refractivity contribution in [2.75, 3.05) is 37.6 Å². The minimum Gasteiger partial charge on any atom is -0.357 e. The summed E-state index contributed by atoms with van der Waals surface area (Å²) < 4.78 is 2.72. The third-order valence-corrected chi connectivity index (χ3v) is 6.23. The van der Waals surface area contributed by atoms with Crippen LogP contribution in [0.15, 0.2) is 46.0 Å². The zero-order chi connectivity index (χ0) is 23.1. The summed E-state index contributed by atoms with van der Waals surface area (Å²) in [5, 5.41) is 3.09. The second kappa shape index (κ2) is 11.1. The van der Waals surface area contributed by atoms with Gasteiger partial charge < -0.3 is 10.2 Å². The van der Waals surface area contributed by atoms with Crippen LogP contribution < -0.4 is 21.5 Å². The van der Waals surface area contributed by atoms with Gasteiger partial charge in [0, 0.05) is 52.4 Å². The fraction of sp³-hybridized carbons (Fsp3) is 0.542. The van der Waals surface area contributed by atoms with Crippen molar-refractivity contribution in [3.63, 3.8) is 0 Å². The number of rotatable bonds is 9. The van der Waals surface area contributed by atoms with E-state index in [0.717, 1.165) is 43.6 Å². The molecule has 1 aromatic heterocycles. The fourth-order valence-corrected chi connectivity index (χ4v) is 4.29. The summed E-state index contributed by atoms with van der Waals surface area (Å²) in [6.07, 6.45) is 1.66. The number of carbonyl (C=O) groups is 1. The lowest BCUT2D eigenvalue weighted by Crippen LogP contribution is -2.47. The van der Waals surface area contributed by atoms with Crippen LogP contribution in [0.1, 0.15) is 32.3 Å². The average molecular weight is 442 g/mol. The molecule has 2 heterocycles. The second-order valence-corrected chi connectivity index (χ2v) is 8.36. The monoisotopic (exact) mass is 441 g/mol. The Morgan fingerprint density at radius 2 is 1.94 bits per heavy atom. The summed E-state index contributed by atoms with van der Waals surface area (Å²) in [5.74, 6) is 0.496. The molecule has 1 aliphatic rings. The highest BCUT2D eigenvalue weighted by atomic mass is 16.2. The molecule has 0 radical (unpaired) electrons. The van der Waals surface area contributed by atoms with Crippen LogP contribution in [-0.4, -0.2) is 52.7 Å². The van der Waals surface area contributed by atoms with E-state index in [-0.39, 0.29) is 23.1 Å². The molecular weight excluding hydrogens is 406 g/mol. The number of piperidine rings is 1. The van der Waals surface area contributed by atoms with Gasteiger partial charge in [-0.15, -0.1) is 0 Å². The standard InChI is InChI=1S/C24H35N5O3/c1-4-27(17-19-10-7-6-8-11-19)15-13-25-23(31)20-12-9-14-28(18-20)21-16-22(30)26(3)24(32)29(21)5-2/h6-8,10-11,16,20H,4-5,9,12-15,17-18H2,1-3H3,(H,25,31). The van der Waals surface area contributed by atoms with E-state index in [1.54, 1.807) is 4.57 Å². The second-order valence-electron chi connectivity index (χ2n) is 8.36. The van der Waals surface area contributed by atoms with Gasteiger partial charge in [-0.1, -0.05) is 37.3 Å². The number of carbonyl (C=O) groups excluding carboxylic acids is 1. The van der Waals surface area contributed by atoms with Crippen LogP contribution in [0.3, 0.4) is 0 Å². The number of aromatic nitrogens is 2. The zero-order valence-electron chi connectivity index (χ0n) is 19.4. The Morgan fingerprint density at radius 1 is 1.19 bits per heavy atom. The molecule has 0 spiro atoms. The third kappa shape index (κ3) is 5.68. The van der Waals surface area contributed by atoms with E-state index >= 15 is 0 Å². The molecule has 0 aliphatic carbocycles. The van der Waals surface area contributed by atoms with E-state index in [1.807, 2.05) is 30.0 Å². The highest BCUT2D eigenvalue weighted by molar-refractivity contribution is 5.79. The normalized spacial score (nSPS) is 16.4. The quantitative estimate of drug-likeness (QED) is 0.637. The first kappa shape index (κ1) is 23.8. The minimum absolute atomic E-state index is 0.0414. The number of hydrogen-bond acceptors (Lipinski definition) is 5. The van der Waals surface area contributed by atoms with Crippen LogP contribution in [0.4, 0.5) is 5.82 Å². The van der Waals surface area contributed by atoms with E-state index in [2.05, 4.69) is 29.3 Å². The summed E-state index contributed by atoms with van der Waals surface area (Å²) >= 11 is 0. The van der Waals surface area contributed by atoms with Gasteiger partial charge in [-0.2, -0.15) is 0 Å². The lowest BCUT2D eigenvalue weighted by atomic mass is 9.97. The third-order valence-electron chi connectivity index (χ3n) is 6.23. The predicted molar refractivity (Wildman–Crippen MR) is 127 cm³/mol. The summed E-state index contributed by atoms with van der Waals surface area (Å²) in [4.78, 5) is 41.8. The van der Waals surface area contributed by atoms with Crippen LogP contribution in [0.25, 0.3) is 0 Å². The molecule has 1 aromatic carbocycles. The van der Waals surface area contributed by atoms with Crippen molar-refractivity contribution in [3.05, 3.63) is 62.8 Å². The first-order valence-electron chi connectivity index (χ1n) is 11.5. The van der Waals surface area contributed by atoms with Crippen molar-refractivity contribution in [2.24, 2.45) is 13.0 Å². The van der Waals surface area contributed by atoms with Gasteiger partial charge in [0.15, 0.2) is 0 Å².